The fourth-order valence-corrected chi connectivity index (χ4v) is 4.91. The van der Waals surface area contributed by atoms with Crippen LogP contribution < -0.4 is 11.1 Å². The van der Waals surface area contributed by atoms with Gasteiger partial charge in [-0.15, -0.1) is 0 Å². The molecule has 38 heavy (non-hydrogen) atoms. The van der Waals surface area contributed by atoms with Gasteiger partial charge in [0, 0.05) is 24.5 Å². The van der Waals surface area contributed by atoms with Gasteiger partial charge >= 0.3 is 5.97 Å². The summed E-state index contributed by atoms with van der Waals surface area (Å²) in [5.41, 5.74) is 6.67. The van der Waals surface area contributed by atoms with Crippen LogP contribution in [0, 0.1) is 17.8 Å². The number of benzene rings is 2. The normalized spacial score (nSPS) is 14.3. The molecule has 4 unspecified atom stereocenters. The second-order valence-corrected chi connectivity index (χ2v) is 11.1. The average Bonchev–Trinajstić information content (AvgIpc) is 2.87. The number of fused-ring (bicyclic) bond motifs is 1. The molecule has 0 aliphatic heterocycles. The predicted molar refractivity (Wildman–Crippen MR) is 160 cm³/mol. The largest absolute Gasteiger partial charge is 0.481 e. The monoisotopic (exact) mass is 562 g/mol. The first-order valence-electron chi connectivity index (χ1n) is 12.5. The molecule has 2 aromatic carbocycles. The zero-order valence-corrected chi connectivity index (χ0v) is 23.4. The zero-order chi connectivity index (χ0) is 27.5. The maximum Gasteiger partial charge on any atom is 0.306 e. The van der Waals surface area contributed by atoms with E-state index in [0.29, 0.717) is 12.2 Å². The molecular formula is C29H42N2O5S2. The summed E-state index contributed by atoms with van der Waals surface area (Å²) in [5.74, 6) is -2.89. The Balaban J connectivity index is 0.00000722. The van der Waals surface area contributed by atoms with Crippen molar-refractivity contribution in [1.82, 2.24) is 5.32 Å². The van der Waals surface area contributed by atoms with E-state index >= 15 is 0 Å². The Hall–Kier alpha value is -2.36. The maximum atomic E-state index is 13.4. The number of carboxylic acid groups (broad SMARTS) is 1. The van der Waals surface area contributed by atoms with E-state index in [9.17, 15) is 24.3 Å². The molecule has 0 fully saturated rings. The van der Waals surface area contributed by atoms with Crippen LogP contribution in [0.15, 0.2) is 42.5 Å². The smallest absolute Gasteiger partial charge is 0.306 e. The highest BCUT2D eigenvalue weighted by Gasteiger charge is 2.32. The van der Waals surface area contributed by atoms with Gasteiger partial charge < -0.3 is 16.2 Å². The molecule has 0 heterocycles. The lowest BCUT2D eigenvalue weighted by molar-refractivity contribution is -0.144. The lowest BCUT2D eigenvalue weighted by atomic mass is 9.87. The van der Waals surface area contributed by atoms with Crippen LogP contribution in [0.25, 0.3) is 10.8 Å². The van der Waals surface area contributed by atoms with E-state index in [2.05, 4.69) is 17.9 Å². The Morgan fingerprint density at radius 3 is 2.26 bits per heavy atom. The van der Waals surface area contributed by atoms with Gasteiger partial charge in [-0.05, 0) is 47.1 Å². The summed E-state index contributed by atoms with van der Waals surface area (Å²) in [4.78, 5) is 51.0. The average molecular weight is 563 g/mol. The number of carbonyl (C=O) groups excluding carboxylic acids is 3. The topological polar surface area (TPSA) is 127 Å². The number of hydrogen-bond acceptors (Lipinski definition) is 7. The molecule has 0 radical (unpaired) electrons. The van der Waals surface area contributed by atoms with Crippen LogP contribution in [0.4, 0.5) is 0 Å². The minimum atomic E-state index is -1.02. The minimum Gasteiger partial charge on any atom is -0.481 e. The van der Waals surface area contributed by atoms with Crippen LogP contribution in [0.1, 0.15) is 46.1 Å². The van der Waals surface area contributed by atoms with Crippen LogP contribution in [0.2, 0.25) is 0 Å². The molecule has 4 atom stereocenters. The highest BCUT2D eigenvalue weighted by Crippen LogP contribution is 2.21. The Morgan fingerprint density at radius 1 is 1.03 bits per heavy atom. The molecule has 9 heteroatoms. The minimum absolute atomic E-state index is 0. The number of nitrogens with two attached hydrogens (primary N) is 1. The SMILES string of the molecule is C.CSCCC(CC(=O)C(Cc1ccc2ccccc2c1)NC(=O)C(CC(=O)C(N)CS)C(C)C)C(=O)O. The molecule has 0 bridgehead atoms. The van der Waals surface area contributed by atoms with Crippen LogP contribution in [-0.2, 0) is 25.6 Å². The molecule has 210 valence electrons. The van der Waals surface area contributed by atoms with E-state index in [1.165, 1.54) is 11.8 Å². The first-order valence-corrected chi connectivity index (χ1v) is 14.5. The number of hydrogen-bond donors (Lipinski definition) is 4. The van der Waals surface area contributed by atoms with Crippen molar-refractivity contribution in [3.8, 4) is 0 Å². The Bertz CT molecular complexity index is 1090. The first kappa shape index (κ1) is 33.7. The van der Waals surface area contributed by atoms with Crippen molar-refractivity contribution in [2.24, 2.45) is 23.5 Å². The lowest BCUT2D eigenvalue weighted by Crippen LogP contribution is -2.47. The van der Waals surface area contributed by atoms with Gasteiger partial charge in [-0.2, -0.15) is 24.4 Å². The van der Waals surface area contributed by atoms with Crippen molar-refractivity contribution in [3.63, 3.8) is 0 Å². The molecule has 0 saturated heterocycles. The Labute approximate surface area is 236 Å². The summed E-state index contributed by atoms with van der Waals surface area (Å²) in [6, 6.07) is 12.0. The van der Waals surface area contributed by atoms with Crippen molar-refractivity contribution in [1.29, 1.82) is 0 Å². The summed E-state index contributed by atoms with van der Waals surface area (Å²) >= 11 is 5.60. The number of carbonyl (C=O) groups is 4. The van der Waals surface area contributed by atoms with Gasteiger partial charge in [0.1, 0.15) is 0 Å². The maximum absolute atomic E-state index is 13.4. The van der Waals surface area contributed by atoms with E-state index in [0.717, 1.165) is 16.3 Å². The summed E-state index contributed by atoms with van der Waals surface area (Å²) < 4.78 is 0. The summed E-state index contributed by atoms with van der Waals surface area (Å²) in [6.07, 6.45) is 2.25. The molecule has 2 rings (SSSR count). The third-order valence-electron chi connectivity index (χ3n) is 6.60. The van der Waals surface area contributed by atoms with E-state index in [4.69, 9.17) is 5.73 Å². The van der Waals surface area contributed by atoms with Crippen LogP contribution in [0.5, 0.6) is 0 Å². The van der Waals surface area contributed by atoms with Crippen molar-refractivity contribution in [3.05, 3.63) is 48.0 Å². The highest BCUT2D eigenvalue weighted by atomic mass is 32.2. The van der Waals surface area contributed by atoms with Crippen LogP contribution in [-0.4, -0.2) is 58.4 Å². The van der Waals surface area contributed by atoms with Gasteiger partial charge in [-0.3, -0.25) is 19.2 Å². The van der Waals surface area contributed by atoms with E-state index in [1.807, 2.05) is 62.6 Å². The number of nitrogens with one attached hydrogen (secondary N) is 1. The van der Waals surface area contributed by atoms with Gasteiger partial charge in [0.25, 0.3) is 0 Å². The van der Waals surface area contributed by atoms with Gasteiger partial charge in [0.2, 0.25) is 5.91 Å². The molecule has 0 aromatic heterocycles. The van der Waals surface area contributed by atoms with E-state index in [1.54, 1.807) is 0 Å². The number of carboxylic acids is 1. The molecule has 2 aromatic rings. The molecular weight excluding hydrogens is 520 g/mol. The third-order valence-corrected chi connectivity index (χ3v) is 7.64. The van der Waals surface area contributed by atoms with Gasteiger partial charge in [-0.1, -0.05) is 63.7 Å². The van der Waals surface area contributed by atoms with Crippen molar-refractivity contribution < 1.29 is 24.3 Å². The number of ketones is 2. The predicted octanol–water partition coefficient (Wildman–Crippen LogP) is 4.40. The van der Waals surface area contributed by atoms with Crippen molar-refractivity contribution in [2.75, 3.05) is 17.8 Å². The van der Waals surface area contributed by atoms with Crippen LogP contribution in [0.3, 0.4) is 0 Å². The summed E-state index contributed by atoms with van der Waals surface area (Å²) in [7, 11) is 0. The molecule has 0 spiro atoms. The Kier molecular flexibility index (Phi) is 14.7. The standard InChI is InChI=1S/C28H38N2O5S2.CH4/c1-17(2)22(15-25(31)23(29)16-36)27(33)30-24(26(32)14-21(28(34)35)10-11-37-3)13-18-8-9-19-6-4-5-7-20(19)12-18;/h4-9,12,17,21-24,36H,10-11,13-16,29H2,1-3H3,(H,30,33)(H,34,35);1H4. The Morgan fingerprint density at radius 2 is 1.68 bits per heavy atom. The number of rotatable bonds is 16. The molecule has 1 amide bonds. The molecule has 4 N–H and O–H groups in total. The second-order valence-electron chi connectivity index (χ2n) is 9.74. The number of thiol groups is 1. The highest BCUT2D eigenvalue weighted by molar-refractivity contribution is 7.98. The van der Waals surface area contributed by atoms with Gasteiger partial charge in [-0.25, -0.2) is 0 Å². The quantitative estimate of drug-likeness (QED) is 0.223. The lowest BCUT2D eigenvalue weighted by Gasteiger charge is -2.25. The zero-order valence-electron chi connectivity index (χ0n) is 21.7. The molecule has 7 nitrogen and oxygen atoms in total. The van der Waals surface area contributed by atoms with E-state index in [-0.39, 0.29) is 49.9 Å². The number of aliphatic carboxylic acids is 1. The first-order chi connectivity index (χ1) is 17.6. The van der Waals surface area contributed by atoms with Crippen LogP contribution >= 0.6 is 24.4 Å². The molecule has 0 saturated carbocycles. The third kappa shape index (κ3) is 10.1. The summed E-state index contributed by atoms with van der Waals surface area (Å²) in [5, 5.41) is 14.6. The number of thioether (sulfide) groups is 1. The fourth-order valence-electron chi connectivity index (χ4n) is 4.18. The van der Waals surface area contributed by atoms with Gasteiger partial charge in [0.15, 0.2) is 11.6 Å². The number of amides is 1. The molecule has 0 aliphatic rings. The van der Waals surface area contributed by atoms with Crippen molar-refractivity contribution >= 4 is 58.6 Å². The fraction of sp³-hybridized carbons (Fsp3) is 0.517. The van der Waals surface area contributed by atoms with Crippen molar-refractivity contribution in [2.45, 2.75) is 59.0 Å². The van der Waals surface area contributed by atoms with Gasteiger partial charge in [0.05, 0.1) is 18.0 Å². The summed E-state index contributed by atoms with van der Waals surface area (Å²) in [6.45, 7) is 3.68. The number of Topliss-reactive ketones (excluding diaryl/α,β-unsaturated/α-hetero) is 2. The second kappa shape index (κ2) is 16.6. The molecule has 0 aliphatic carbocycles. The van der Waals surface area contributed by atoms with E-state index < -0.39 is 35.8 Å².